The number of hydrogen-bond acceptors (Lipinski definition) is 4. The highest BCUT2D eigenvalue weighted by Gasteiger charge is 2.18. The second kappa shape index (κ2) is 10.7. The molecule has 0 aromatic heterocycles. The highest BCUT2D eigenvalue weighted by molar-refractivity contribution is 6.02. The van der Waals surface area contributed by atoms with Crippen LogP contribution in [0.25, 0.3) is 0 Å². The fraction of sp³-hybridized carbons (Fsp3) is 0.160. The molecule has 2 amide bonds. The minimum absolute atomic E-state index is 0.0316. The molecule has 0 atom stereocenters. The summed E-state index contributed by atoms with van der Waals surface area (Å²) >= 11 is 0. The number of carbonyl (C=O) groups is 2. The molecule has 6 nitrogen and oxygen atoms in total. The van der Waals surface area contributed by atoms with Crippen LogP contribution in [0.3, 0.4) is 0 Å². The van der Waals surface area contributed by atoms with Gasteiger partial charge in [0.15, 0.2) is 0 Å². The molecule has 0 aliphatic rings. The van der Waals surface area contributed by atoms with Crippen molar-refractivity contribution in [1.29, 1.82) is 0 Å². The van der Waals surface area contributed by atoms with Crippen molar-refractivity contribution in [2.45, 2.75) is 19.8 Å². The third-order valence-corrected chi connectivity index (χ3v) is 4.68. The SMILES string of the molecule is COc1cccc(/C(C)=N\NC(=O)CCC(=O)N(c2ccccc2)c2ccccc2)c1. The topological polar surface area (TPSA) is 71.0 Å². The van der Waals surface area contributed by atoms with E-state index in [0.717, 1.165) is 16.9 Å². The number of amides is 2. The normalized spacial score (nSPS) is 11.0. The molecule has 158 valence electrons. The van der Waals surface area contributed by atoms with Crippen molar-refractivity contribution in [2.75, 3.05) is 12.0 Å². The number of nitrogens with zero attached hydrogens (tertiary/aromatic N) is 2. The molecule has 0 spiro atoms. The van der Waals surface area contributed by atoms with Gasteiger partial charge in [-0.2, -0.15) is 5.10 Å². The lowest BCUT2D eigenvalue weighted by Crippen LogP contribution is -2.28. The standard InChI is InChI=1S/C25H25N3O3/c1-19(20-10-9-15-23(18-20)31-2)26-27-24(29)16-17-25(30)28(21-11-5-3-6-12-21)22-13-7-4-8-14-22/h3-15,18H,16-17H2,1-2H3,(H,27,29)/b26-19-. The monoisotopic (exact) mass is 415 g/mol. The minimum Gasteiger partial charge on any atom is -0.497 e. The number of anilines is 2. The number of ether oxygens (including phenoxy) is 1. The third-order valence-electron chi connectivity index (χ3n) is 4.68. The maximum Gasteiger partial charge on any atom is 0.240 e. The van der Waals surface area contributed by atoms with Crippen molar-refractivity contribution in [2.24, 2.45) is 5.10 Å². The summed E-state index contributed by atoms with van der Waals surface area (Å²) in [5.74, 6) is 0.226. The van der Waals surface area contributed by atoms with Crippen molar-refractivity contribution in [1.82, 2.24) is 5.43 Å². The predicted molar refractivity (Wildman–Crippen MR) is 123 cm³/mol. The van der Waals surface area contributed by atoms with Gasteiger partial charge in [0.25, 0.3) is 0 Å². The average Bonchev–Trinajstić information content (AvgIpc) is 2.82. The maximum atomic E-state index is 13.0. The van der Waals surface area contributed by atoms with Gasteiger partial charge in [0.1, 0.15) is 5.75 Å². The van der Waals surface area contributed by atoms with Crippen molar-refractivity contribution in [3.63, 3.8) is 0 Å². The zero-order valence-corrected chi connectivity index (χ0v) is 17.6. The first-order chi connectivity index (χ1) is 15.1. The molecule has 0 aliphatic heterocycles. The third kappa shape index (κ3) is 6.02. The van der Waals surface area contributed by atoms with E-state index in [9.17, 15) is 9.59 Å². The van der Waals surface area contributed by atoms with Crippen molar-refractivity contribution >= 4 is 28.9 Å². The van der Waals surface area contributed by atoms with Crippen LogP contribution in [-0.2, 0) is 9.59 Å². The average molecular weight is 415 g/mol. The van der Waals surface area contributed by atoms with Crippen LogP contribution in [0, 0.1) is 0 Å². The van der Waals surface area contributed by atoms with Gasteiger partial charge in [-0.3, -0.25) is 14.5 Å². The second-order valence-corrected chi connectivity index (χ2v) is 6.86. The van der Waals surface area contributed by atoms with E-state index < -0.39 is 0 Å². The van der Waals surface area contributed by atoms with Crippen LogP contribution in [0.2, 0.25) is 0 Å². The number of hydrazone groups is 1. The summed E-state index contributed by atoms with van der Waals surface area (Å²) in [5, 5.41) is 4.15. The van der Waals surface area contributed by atoms with Gasteiger partial charge in [0.05, 0.1) is 12.8 Å². The second-order valence-electron chi connectivity index (χ2n) is 6.86. The number of carbonyl (C=O) groups excluding carboxylic acids is 2. The molecule has 1 N–H and O–H groups in total. The van der Waals surface area contributed by atoms with E-state index in [4.69, 9.17) is 4.74 Å². The highest BCUT2D eigenvalue weighted by Crippen LogP contribution is 2.26. The van der Waals surface area contributed by atoms with Crippen LogP contribution in [0.4, 0.5) is 11.4 Å². The first kappa shape index (κ1) is 21.8. The summed E-state index contributed by atoms with van der Waals surface area (Å²) in [6.45, 7) is 1.80. The van der Waals surface area contributed by atoms with Crippen molar-refractivity contribution < 1.29 is 14.3 Å². The highest BCUT2D eigenvalue weighted by atomic mass is 16.5. The van der Waals surface area contributed by atoms with Crippen molar-refractivity contribution in [3.05, 3.63) is 90.5 Å². The Bertz CT molecular complexity index is 1010. The van der Waals surface area contributed by atoms with E-state index >= 15 is 0 Å². The van der Waals surface area contributed by atoms with Gasteiger partial charge < -0.3 is 4.74 Å². The molecule has 3 aromatic carbocycles. The molecule has 0 saturated carbocycles. The fourth-order valence-electron chi connectivity index (χ4n) is 3.04. The quantitative estimate of drug-likeness (QED) is 0.429. The molecule has 0 radical (unpaired) electrons. The van der Waals surface area contributed by atoms with Crippen LogP contribution in [0.15, 0.2) is 90.0 Å². The Hall–Kier alpha value is -3.93. The fourth-order valence-corrected chi connectivity index (χ4v) is 3.04. The molecule has 0 saturated heterocycles. The van der Waals surface area contributed by atoms with Crippen LogP contribution < -0.4 is 15.1 Å². The number of para-hydroxylation sites is 2. The van der Waals surface area contributed by atoms with Gasteiger partial charge in [-0.1, -0.05) is 48.5 Å². The van der Waals surface area contributed by atoms with Gasteiger partial charge >= 0.3 is 0 Å². The smallest absolute Gasteiger partial charge is 0.240 e. The van der Waals surface area contributed by atoms with Crippen LogP contribution in [0.5, 0.6) is 5.75 Å². The van der Waals surface area contributed by atoms with E-state index in [1.807, 2.05) is 84.9 Å². The zero-order chi connectivity index (χ0) is 22.1. The summed E-state index contributed by atoms with van der Waals surface area (Å²) in [5.41, 5.74) is 5.53. The van der Waals surface area contributed by atoms with E-state index in [2.05, 4.69) is 10.5 Å². The summed E-state index contributed by atoms with van der Waals surface area (Å²) in [6, 6.07) is 26.2. The lowest BCUT2D eigenvalue weighted by molar-refractivity contribution is -0.124. The minimum atomic E-state index is -0.323. The number of hydrogen-bond donors (Lipinski definition) is 1. The Morgan fingerprint density at radius 2 is 1.48 bits per heavy atom. The zero-order valence-electron chi connectivity index (χ0n) is 17.6. The van der Waals surface area contributed by atoms with Gasteiger partial charge in [-0.25, -0.2) is 5.43 Å². The van der Waals surface area contributed by atoms with E-state index in [-0.39, 0.29) is 24.7 Å². The predicted octanol–water partition coefficient (Wildman–Crippen LogP) is 4.68. The molecule has 3 rings (SSSR count). The Balaban J connectivity index is 1.63. The lowest BCUT2D eigenvalue weighted by Gasteiger charge is -2.23. The summed E-state index contributed by atoms with van der Waals surface area (Å²) in [7, 11) is 1.60. The van der Waals surface area contributed by atoms with E-state index in [0.29, 0.717) is 11.5 Å². The molecule has 0 heterocycles. The molecule has 0 unspecified atom stereocenters. The number of nitrogens with one attached hydrogen (secondary N) is 1. The van der Waals surface area contributed by atoms with Gasteiger partial charge in [-0.05, 0) is 43.3 Å². The van der Waals surface area contributed by atoms with Crippen LogP contribution >= 0.6 is 0 Å². The maximum absolute atomic E-state index is 13.0. The van der Waals surface area contributed by atoms with Crippen LogP contribution in [0.1, 0.15) is 25.3 Å². The number of rotatable bonds is 8. The van der Waals surface area contributed by atoms with Gasteiger partial charge in [0, 0.05) is 29.8 Å². The molecule has 0 bridgehead atoms. The molecule has 3 aromatic rings. The van der Waals surface area contributed by atoms with Crippen molar-refractivity contribution in [3.8, 4) is 5.75 Å². The Morgan fingerprint density at radius 3 is 2.06 bits per heavy atom. The molecular formula is C25H25N3O3. The molecule has 6 heteroatoms. The van der Waals surface area contributed by atoms with Gasteiger partial charge in [-0.15, -0.1) is 0 Å². The summed E-state index contributed by atoms with van der Waals surface area (Å²) in [6.07, 6.45) is 0.0905. The molecule has 0 aliphatic carbocycles. The lowest BCUT2D eigenvalue weighted by atomic mass is 10.1. The van der Waals surface area contributed by atoms with E-state index in [1.54, 1.807) is 18.9 Å². The largest absolute Gasteiger partial charge is 0.497 e. The number of methoxy groups -OCH3 is 1. The summed E-state index contributed by atoms with van der Waals surface area (Å²) in [4.78, 5) is 26.9. The Labute approximate surface area is 182 Å². The first-order valence-electron chi connectivity index (χ1n) is 9.99. The Morgan fingerprint density at radius 1 is 0.871 bits per heavy atom. The molecule has 31 heavy (non-hydrogen) atoms. The van der Waals surface area contributed by atoms with Crippen LogP contribution in [-0.4, -0.2) is 24.6 Å². The molecular weight excluding hydrogens is 390 g/mol. The number of benzene rings is 3. The Kier molecular flexibility index (Phi) is 7.54. The first-order valence-corrected chi connectivity index (χ1v) is 9.99. The van der Waals surface area contributed by atoms with E-state index in [1.165, 1.54) is 0 Å². The summed E-state index contributed by atoms with van der Waals surface area (Å²) < 4.78 is 5.21. The van der Waals surface area contributed by atoms with Gasteiger partial charge in [0.2, 0.25) is 11.8 Å². The molecule has 0 fully saturated rings.